The molecule has 0 bridgehead atoms. The molecule has 0 fully saturated rings. The fourth-order valence-electron chi connectivity index (χ4n) is 1.94. The molecule has 0 atom stereocenters. The Labute approximate surface area is 134 Å². The summed E-state index contributed by atoms with van der Waals surface area (Å²) in [5.41, 5.74) is -4.12. The van der Waals surface area contributed by atoms with Gasteiger partial charge in [-0.15, -0.1) is 0 Å². The van der Waals surface area contributed by atoms with Crippen LogP contribution in [0.3, 0.4) is 0 Å². The van der Waals surface area contributed by atoms with Crippen LogP contribution < -0.4 is 4.74 Å². The van der Waals surface area contributed by atoms with E-state index in [0.29, 0.717) is 0 Å². The van der Waals surface area contributed by atoms with Crippen LogP contribution in [0.15, 0.2) is 12.7 Å². The normalized spacial score (nSPS) is 10.9. The summed E-state index contributed by atoms with van der Waals surface area (Å²) in [4.78, 5) is 0. The topological polar surface area (TPSA) is 29.5 Å². The summed E-state index contributed by atoms with van der Waals surface area (Å²) in [7, 11) is 0. The molecule has 10 heteroatoms. The van der Waals surface area contributed by atoms with Gasteiger partial charge in [-0.05, 0) is 0 Å². The first-order chi connectivity index (χ1) is 11.6. The first-order valence-electron chi connectivity index (χ1n) is 6.29. The molecule has 0 aliphatic carbocycles. The maximum absolute atomic E-state index is 14.0. The van der Waals surface area contributed by atoms with Crippen molar-refractivity contribution in [2.24, 2.45) is 0 Å². The number of phenols is 1. The van der Waals surface area contributed by atoms with Gasteiger partial charge in [0.2, 0.25) is 23.3 Å². The van der Waals surface area contributed by atoms with Crippen LogP contribution in [0.2, 0.25) is 0 Å². The van der Waals surface area contributed by atoms with E-state index in [2.05, 4.69) is 11.3 Å². The molecule has 0 unspecified atom stereocenters. The Morgan fingerprint density at radius 2 is 1.04 bits per heavy atom. The molecule has 2 rings (SSSR count). The molecule has 2 aromatic rings. The third kappa shape index (κ3) is 2.77. The van der Waals surface area contributed by atoms with Gasteiger partial charge in [0.25, 0.3) is 0 Å². The van der Waals surface area contributed by atoms with Crippen LogP contribution in [0.4, 0.5) is 35.1 Å². The van der Waals surface area contributed by atoms with E-state index in [-0.39, 0.29) is 0 Å². The molecule has 0 amide bonds. The van der Waals surface area contributed by atoms with Crippen LogP contribution in [0.25, 0.3) is 11.1 Å². The van der Waals surface area contributed by atoms with E-state index in [1.165, 1.54) is 0 Å². The summed E-state index contributed by atoms with van der Waals surface area (Å²) in [6, 6.07) is 0. The second-order valence-corrected chi connectivity index (χ2v) is 4.54. The summed E-state index contributed by atoms with van der Waals surface area (Å²) in [6.45, 7) is 2.56. The lowest BCUT2D eigenvalue weighted by atomic mass is 10.0. The Kier molecular flexibility index (Phi) is 4.91. The zero-order valence-electron chi connectivity index (χ0n) is 11.9. The smallest absolute Gasteiger partial charge is 0.204 e. The van der Waals surface area contributed by atoms with Gasteiger partial charge in [0.15, 0.2) is 34.8 Å². The van der Waals surface area contributed by atoms with Crippen molar-refractivity contribution in [1.82, 2.24) is 0 Å². The van der Waals surface area contributed by atoms with E-state index in [9.17, 15) is 35.1 Å². The van der Waals surface area contributed by atoms with E-state index in [1.54, 1.807) is 0 Å². The largest absolute Gasteiger partial charge is 0.503 e. The van der Waals surface area contributed by atoms with Crippen LogP contribution in [-0.4, -0.2) is 11.7 Å². The molecule has 1 N–H and O–H groups in total. The fourth-order valence-corrected chi connectivity index (χ4v) is 1.94. The van der Waals surface area contributed by atoms with Gasteiger partial charge in [0.1, 0.15) is 6.61 Å². The zero-order chi connectivity index (χ0) is 19.0. The molecule has 0 aromatic heterocycles. The Balaban J connectivity index is 2.89. The van der Waals surface area contributed by atoms with E-state index < -0.39 is 75.8 Å². The van der Waals surface area contributed by atoms with Gasteiger partial charge >= 0.3 is 0 Å². The van der Waals surface area contributed by atoms with E-state index in [1.807, 2.05) is 0 Å². The van der Waals surface area contributed by atoms with Crippen LogP contribution in [-0.2, 0) is 0 Å². The third-order valence-electron chi connectivity index (χ3n) is 3.06. The van der Waals surface area contributed by atoms with Crippen LogP contribution in [0, 0.1) is 46.5 Å². The standard InChI is InChI=1S/C15H6F8O2/c1-2-3-25-15-12(22)8(18)5(9(19)13(15)23)4-6(16)10(20)14(24)11(21)7(4)17/h2,24H,1,3H2. The van der Waals surface area contributed by atoms with Gasteiger partial charge in [-0.3, -0.25) is 0 Å². The summed E-state index contributed by atoms with van der Waals surface area (Å²) in [5.74, 6) is -22.5. The quantitative estimate of drug-likeness (QED) is 0.479. The number of ether oxygens (including phenoxy) is 1. The number of hydrogen-bond donors (Lipinski definition) is 1. The first-order valence-corrected chi connectivity index (χ1v) is 6.29. The second kappa shape index (κ2) is 6.61. The van der Waals surface area contributed by atoms with Crippen molar-refractivity contribution in [3.05, 3.63) is 59.2 Å². The van der Waals surface area contributed by atoms with Crippen molar-refractivity contribution < 1.29 is 45.0 Å². The molecule has 0 saturated heterocycles. The Bertz CT molecular complexity index is 821. The Hall–Kier alpha value is -2.78. The number of phenolic OH excluding ortho intramolecular Hbond substituents is 1. The first kappa shape index (κ1) is 18.6. The SMILES string of the molecule is C=CCOc1c(F)c(F)c(-c2c(F)c(F)c(O)c(F)c2F)c(F)c1F. The van der Waals surface area contributed by atoms with E-state index in [4.69, 9.17) is 5.11 Å². The summed E-state index contributed by atoms with van der Waals surface area (Å²) in [6.07, 6.45) is 0.979. The molecule has 134 valence electrons. The summed E-state index contributed by atoms with van der Waals surface area (Å²) >= 11 is 0. The highest BCUT2D eigenvalue weighted by Gasteiger charge is 2.34. The minimum Gasteiger partial charge on any atom is -0.503 e. The van der Waals surface area contributed by atoms with Crippen molar-refractivity contribution in [3.8, 4) is 22.6 Å². The molecular formula is C15H6F8O2. The highest BCUT2D eigenvalue weighted by molar-refractivity contribution is 5.69. The van der Waals surface area contributed by atoms with Gasteiger partial charge in [-0.25, -0.2) is 17.6 Å². The lowest BCUT2D eigenvalue weighted by Gasteiger charge is -2.14. The summed E-state index contributed by atoms with van der Waals surface area (Å²) in [5, 5.41) is 8.83. The molecule has 0 heterocycles. The van der Waals surface area contributed by atoms with Crippen LogP contribution >= 0.6 is 0 Å². The maximum atomic E-state index is 14.0. The van der Waals surface area contributed by atoms with E-state index >= 15 is 0 Å². The third-order valence-corrected chi connectivity index (χ3v) is 3.06. The highest BCUT2D eigenvalue weighted by atomic mass is 19.2. The molecule has 0 aliphatic rings. The molecule has 0 spiro atoms. The van der Waals surface area contributed by atoms with Crippen molar-refractivity contribution in [2.45, 2.75) is 0 Å². The monoisotopic (exact) mass is 370 g/mol. The lowest BCUT2D eigenvalue weighted by molar-refractivity contribution is 0.302. The fraction of sp³-hybridized carbons (Fsp3) is 0.0667. The number of benzene rings is 2. The minimum absolute atomic E-state index is 0.572. The van der Waals surface area contributed by atoms with Crippen LogP contribution in [0.1, 0.15) is 0 Å². The molecular weight excluding hydrogens is 364 g/mol. The minimum atomic E-state index is -2.45. The van der Waals surface area contributed by atoms with Crippen molar-refractivity contribution in [2.75, 3.05) is 6.61 Å². The second-order valence-electron chi connectivity index (χ2n) is 4.54. The predicted molar refractivity (Wildman–Crippen MR) is 68.9 cm³/mol. The Morgan fingerprint density at radius 3 is 1.40 bits per heavy atom. The van der Waals surface area contributed by atoms with Gasteiger partial charge in [-0.1, -0.05) is 12.7 Å². The van der Waals surface area contributed by atoms with Gasteiger partial charge < -0.3 is 9.84 Å². The molecule has 0 saturated carbocycles. The molecule has 0 aliphatic heterocycles. The lowest BCUT2D eigenvalue weighted by Crippen LogP contribution is -2.09. The predicted octanol–water partition coefficient (Wildman–Crippen LogP) is 4.74. The molecule has 2 aromatic carbocycles. The van der Waals surface area contributed by atoms with Gasteiger partial charge in [0.05, 0.1) is 11.1 Å². The molecule has 25 heavy (non-hydrogen) atoms. The van der Waals surface area contributed by atoms with Gasteiger partial charge in [0, 0.05) is 0 Å². The van der Waals surface area contributed by atoms with Gasteiger partial charge in [-0.2, -0.15) is 17.6 Å². The van der Waals surface area contributed by atoms with Crippen LogP contribution in [0.5, 0.6) is 11.5 Å². The highest BCUT2D eigenvalue weighted by Crippen LogP contribution is 2.41. The Morgan fingerprint density at radius 1 is 0.680 bits per heavy atom. The van der Waals surface area contributed by atoms with Crippen molar-refractivity contribution >= 4 is 0 Å². The number of halogens is 8. The molecule has 2 nitrogen and oxygen atoms in total. The average molecular weight is 370 g/mol. The number of aromatic hydroxyl groups is 1. The van der Waals surface area contributed by atoms with Crippen molar-refractivity contribution in [1.29, 1.82) is 0 Å². The van der Waals surface area contributed by atoms with Crippen molar-refractivity contribution in [3.63, 3.8) is 0 Å². The summed E-state index contributed by atoms with van der Waals surface area (Å²) < 4.78 is 114. The number of rotatable bonds is 4. The average Bonchev–Trinajstić information content (AvgIpc) is 2.59. The van der Waals surface area contributed by atoms with E-state index in [0.717, 1.165) is 6.08 Å². The number of hydrogen-bond acceptors (Lipinski definition) is 2. The molecule has 0 radical (unpaired) electrons. The maximum Gasteiger partial charge on any atom is 0.204 e. The zero-order valence-corrected chi connectivity index (χ0v) is 11.9.